The molecule has 0 spiro atoms. The summed E-state index contributed by atoms with van der Waals surface area (Å²) in [6, 6.07) is 74.9. The maximum absolute atomic E-state index is 3.21. The number of hydrogen-bond donors (Lipinski definition) is 0. The summed E-state index contributed by atoms with van der Waals surface area (Å²) in [6.07, 6.45) is 2.11. The Morgan fingerprint density at radius 3 is 0.870 bits per heavy atom. The van der Waals surface area contributed by atoms with Gasteiger partial charge in [0.15, 0.2) is 14.7 Å². The van der Waals surface area contributed by atoms with Crippen LogP contribution in [0.5, 0.6) is 0 Å². The summed E-state index contributed by atoms with van der Waals surface area (Å²) in [4.78, 5) is 5.40. The van der Waals surface area contributed by atoms with E-state index in [1.807, 2.05) is 0 Å². The van der Waals surface area contributed by atoms with E-state index in [0.29, 0.717) is 0 Å². The fourth-order valence-electron chi connectivity index (χ4n) is 6.35. The van der Waals surface area contributed by atoms with Crippen molar-refractivity contribution in [1.82, 2.24) is 0 Å². The van der Waals surface area contributed by atoms with Crippen molar-refractivity contribution in [3.63, 3.8) is 0 Å². The van der Waals surface area contributed by atoms with E-state index in [4.69, 9.17) is 0 Å². The van der Waals surface area contributed by atoms with Crippen molar-refractivity contribution in [1.29, 1.82) is 0 Å². The van der Waals surface area contributed by atoms with Crippen LogP contribution >= 0.6 is 11.8 Å². The molecular formula is C43H37GaS2. The van der Waals surface area contributed by atoms with Crippen LogP contribution in [0.25, 0.3) is 0 Å². The minimum atomic E-state index is -3.21. The fourth-order valence-corrected chi connectivity index (χ4v) is 20.4. The molecule has 0 aromatic heterocycles. The second kappa shape index (κ2) is 15.9. The van der Waals surface area contributed by atoms with Gasteiger partial charge in [0.1, 0.15) is 0 Å². The first-order valence-electron chi connectivity index (χ1n) is 15.7. The van der Waals surface area contributed by atoms with Gasteiger partial charge in [-0.1, -0.05) is 36.4 Å². The number of rotatable bonds is 8. The molecule has 0 heterocycles. The molecule has 46 heavy (non-hydrogen) atoms. The van der Waals surface area contributed by atoms with Gasteiger partial charge in [0, 0.05) is 4.90 Å². The third kappa shape index (κ3) is 7.14. The maximum atomic E-state index is 2.32. The second-order valence-corrected chi connectivity index (χ2v) is 23.3. The molecule has 0 aliphatic rings. The zero-order valence-corrected chi connectivity index (χ0v) is 30.1. The molecule has 0 fully saturated rings. The Kier molecular flexibility index (Phi) is 11.0. The monoisotopic (exact) mass is 686 g/mol. The van der Waals surface area contributed by atoms with Crippen LogP contribution in [-0.4, -0.2) is 21.3 Å². The SMILES string of the molecule is CSc1ccc([S+](c2ccccc2)c2ccccc2)cc1.c1cc[c]([Ga-]([c]2ccccc2)([c]2ccccc2)[c]2ccccc2)cc1. The summed E-state index contributed by atoms with van der Waals surface area (Å²) in [7, 11) is -0.0341. The quantitative estimate of drug-likeness (QED) is 0.0877. The molecule has 0 nitrogen and oxygen atoms in total. The van der Waals surface area contributed by atoms with Crippen molar-refractivity contribution in [3.05, 3.63) is 206 Å². The van der Waals surface area contributed by atoms with E-state index >= 15 is 0 Å². The van der Waals surface area contributed by atoms with Crippen molar-refractivity contribution in [2.75, 3.05) is 6.26 Å². The molecule has 0 saturated heterocycles. The Bertz CT molecular complexity index is 1680. The third-order valence-corrected chi connectivity index (χ3v) is 23.0. The van der Waals surface area contributed by atoms with E-state index < -0.39 is 15.0 Å². The molecule has 0 saturated carbocycles. The normalized spacial score (nSPS) is 11.0. The zero-order valence-electron chi connectivity index (χ0n) is 26.0. The van der Waals surface area contributed by atoms with Crippen molar-refractivity contribution < 1.29 is 0 Å². The molecule has 0 N–H and O–H groups in total. The van der Waals surface area contributed by atoms with Gasteiger partial charge in [-0.15, -0.1) is 11.8 Å². The second-order valence-electron chi connectivity index (χ2n) is 11.1. The predicted molar refractivity (Wildman–Crippen MR) is 203 cm³/mol. The van der Waals surface area contributed by atoms with E-state index in [1.54, 1.807) is 11.8 Å². The Morgan fingerprint density at radius 2 is 0.587 bits per heavy atom. The average Bonchev–Trinajstić information content (AvgIpc) is 3.15. The number of hydrogen-bond acceptors (Lipinski definition) is 1. The molecule has 7 aromatic rings. The molecular weight excluding hydrogens is 650 g/mol. The van der Waals surface area contributed by atoms with Gasteiger partial charge in [-0.2, -0.15) is 0 Å². The third-order valence-electron chi connectivity index (χ3n) is 8.45. The van der Waals surface area contributed by atoms with Gasteiger partial charge in [0.25, 0.3) is 0 Å². The van der Waals surface area contributed by atoms with Crippen LogP contribution < -0.4 is 16.5 Å². The Labute approximate surface area is 284 Å². The van der Waals surface area contributed by atoms with Crippen molar-refractivity contribution in [2.45, 2.75) is 19.6 Å². The van der Waals surface area contributed by atoms with Crippen LogP contribution in [-0.2, 0) is 10.9 Å². The molecule has 7 rings (SSSR count). The first kappa shape index (κ1) is 31.8. The number of benzene rings is 7. The molecule has 0 bridgehead atoms. The first-order valence-corrected chi connectivity index (χ1v) is 23.0. The summed E-state index contributed by atoms with van der Waals surface area (Å²) in [5.74, 6) is 0. The van der Waals surface area contributed by atoms with E-state index in [9.17, 15) is 0 Å². The molecule has 0 amide bonds. The molecule has 0 aliphatic carbocycles. The van der Waals surface area contributed by atoms with Gasteiger partial charge in [-0.3, -0.25) is 0 Å². The molecule has 3 heteroatoms. The van der Waals surface area contributed by atoms with E-state index in [-0.39, 0.29) is 10.9 Å². The van der Waals surface area contributed by atoms with Crippen LogP contribution in [0.15, 0.2) is 226 Å². The molecule has 0 atom stereocenters. The molecule has 224 valence electrons. The topological polar surface area (TPSA) is 0 Å². The zero-order chi connectivity index (χ0) is 31.4. The van der Waals surface area contributed by atoms with Crippen molar-refractivity contribution >= 4 is 54.2 Å². The van der Waals surface area contributed by atoms with Crippen LogP contribution in [0.4, 0.5) is 0 Å². The van der Waals surface area contributed by atoms with Gasteiger partial charge >= 0.3 is 153 Å². The van der Waals surface area contributed by atoms with Crippen LogP contribution in [0.2, 0.25) is 0 Å². The summed E-state index contributed by atoms with van der Waals surface area (Å²) in [5, 5.41) is 0. The summed E-state index contributed by atoms with van der Waals surface area (Å²) in [6.45, 7) is 0. The van der Waals surface area contributed by atoms with E-state index in [0.717, 1.165) is 0 Å². The van der Waals surface area contributed by atoms with Gasteiger partial charge in [-0.25, -0.2) is 0 Å². The van der Waals surface area contributed by atoms with Crippen LogP contribution in [0, 0.1) is 0 Å². The minimum absolute atomic E-state index is 0.0341. The molecule has 7 aromatic carbocycles. The summed E-state index contributed by atoms with van der Waals surface area (Å²) < 4.78 is 5.92. The van der Waals surface area contributed by atoms with Gasteiger partial charge < -0.3 is 0 Å². The van der Waals surface area contributed by atoms with Crippen molar-refractivity contribution in [2.24, 2.45) is 0 Å². The van der Waals surface area contributed by atoms with Gasteiger partial charge in [-0.05, 0) is 54.8 Å². The summed E-state index contributed by atoms with van der Waals surface area (Å²) >= 11 is -1.43. The van der Waals surface area contributed by atoms with E-state index in [1.165, 1.54) is 36.1 Å². The van der Waals surface area contributed by atoms with Gasteiger partial charge in [0.05, 0.1) is 10.9 Å². The average molecular weight is 688 g/mol. The Hall–Kier alpha value is -4.12. The first-order chi connectivity index (χ1) is 22.8. The molecule has 0 aliphatic heterocycles. The van der Waals surface area contributed by atoms with Crippen molar-refractivity contribution in [3.8, 4) is 0 Å². The van der Waals surface area contributed by atoms with Crippen LogP contribution in [0.3, 0.4) is 0 Å². The summed E-state index contributed by atoms with van der Waals surface area (Å²) in [5.41, 5.74) is 0. The Morgan fingerprint density at radius 1 is 0.326 bits per heavy atom. The number of thioether (sulfide) groups is 1. The fraction of sp³-hybridized carbons (Fsp3) is 0.0233. The van der Waals surface area contributed by atoms with E-state index in [2.05, 4.69) is 213 Å². The Balaban J connectivity index is 0.000000164. The van der Waals surface area contributed by atoms with Gasteiger partial charge in [0.2, 0.25) is 0 Å². The molecule has 0 radical (unpaired) electrons. The standard InChI is InChI=1S/C19H17S2.4C6H5.Ga/c1-20-16-12-14-19(15-13-16)21(17-8-4-2-5-9-17)18-10-6-3-7-11-18;4*1-2-4-6-5-3-1;/h2-15H,1H3;4*1-5H;/q+1;;;;;-1. The van der Waals surface area contributed by atoms with Crippen LogP contribution in [0.1, 0.15) is 0 Å². The predicted octanol–water partition coefficient (Wildman–Crippen LogP) is 8.57. The molecule has 0 unspecified atom stereocenters.